The zero-order valence-corrected chi connectivity index (χ0v) is 16.6. The summed E-state index contributed by atoms with van der Waals surface area (Å²) in [5, 5.41) is 6.17. The molecule has 0 radical (unpaired) electrons. The normalized spacial score (nSPS) is 12.9. The van der Waals surface area contributed by atoms with Crippen molar-refractivity contribution >= 4 is 33.1 Å². The third-order valence-electron chi connectivity index (χ3n) is 4.08. The first kappa shape index (κ1) is 18.5. The van der Waals surface area contributed by atoms with Gasteiger partial charge in [0.2, 0.25) is 0 Å². The molecule has 1 atom stereocenters. The Hall–Kier alpha value is -2.24. The van der Waals surface area contributed by atoms with Crippen LogP contribution in [0.25, 0.3) is 10.2 Å². The number of amides is 1. The second kappa shape index (κ2) is 7.56. The molecule has 0 aliphatic rings. The average Bonchev–Trinajstić information content (AvgIpc) is 2.97. The summed E-state index contributed by atoms with van der Waals surface area (Å²) in [6.07, 6.45) is 0.807. The first-order valence-electron chi connectivity index (χ1n) is 8.90. The fraction of sp³-hybridized carbons (Fsp3) is 0.333. The summed E-state index contributed by atoms with van der Waals surface area (Å²) in [6.45, 7) is 8.25. The number of benzene rings is 2. The van der Waals surface area contributed by atoms with Gasteiger partial charge in [-0.3, -0.25) is 4.79 Å². The number of quaternary nitrogens is 1. The van der Waals surface area contributed by atoms with Crippen LogP contribution in [0.2, 0.25) is 0 Å². The van der Waals surface area contributed by atoms with E-state index in [1.807, 2.05) is 37.3 Å². The monoisotopic (exact) mass is 368 g/mol. The molecule has 1 amide bonds. The van der Waals surface area contributed by atoms with Gasteiger partial charge in [0.1, 0.15) is 0 Å². The molecule has 3 aromatic rings. The summed E-state index contributed by atoms with van der Waals surface area (Å²) in [5.74, 6) is 0.0267. The van der Waals surface area contributed by atoms with Crippen LogP contribution in [0, 0.1) is 0 Å². The van der Waals surface area contributed by atoms with Gasteiger partial charge in [-0.2, -0.15) is 0 Å². The molecule has 0 fully saturated rings. The second-order valence-electron chi connectivity index (χ2n) is 7.76. The van der Waals surface area contributed by atoms with Crippen molar-refractivity contribution < 1.29 is 10.1 Å². The Kier molecular flexibility index (Phi) is 5.39. The van der Waals surface area contributed by atoms with Crippen LogP contribution in [0.3, 0.4) is 0 Å². The Balaban J connectivity index is 1.62. The summed E-state index contributed by atoms with van der Waals surface area (Å²) in [7, 11) is 0. The Morgan fingerprint density at radius 3 is 2.50 bits per heavy atom. The standard InChI is InChI=1S/C21H25N3OS/c1-14(24-21(2,3)4)20(25)22-16-11-9-15(10-12-16)13-19-23-17-7-5-6-8-18(17)26-19/h5-12,14,24H,13H2,1-4H3,(H,22,25)/p+1/t14-/m0/s1. The van der Waals surface area contributed by atoms with Gasteiger partial charge in [0.15, 0.2) is 6.04 Å². The summed E-state index contributed by atoms with van der Waals surface area (Å²) >= 11 is 1.73. The highest BCUT2D eigenvalue weighted by molar-refractivity contribution is 7.18. The maximum atomic E-state index is 12.3. The molecule has 26 heavy (non-hydrogen) atoms. The van der Waals surface area contributed by atoms with E-state index in [0.717, 1.165) is 22.6 Å². The molecule has 0 aliphatic heterocycles. The molecule has 0 aliphatic carbocycles. The minimum atomic E-state index is -0.127. The average molecular weight is 369 g/mol. The maximum absolute atomic E-state index is 12.3. The van der Waals surface area contributed by atoms with Crippen molar-refractivity contribution in [3.63, 3.8) is 0 Å². The van der Waals surface area contributed by atoms with E-state index in [4.69, 9.17) is 0 Å². The predicted octanol–water partition coefficient (Wildman–Crippen LogP) is 3.58. The third kappa shape index (κ3) is 4.90. The molecule has 0 saturated carbocycles. The van der Waals surface area contributed by atoms with Gasteiger partial charge in [-0.05, 0) is 57.5 Å². The number of fused-ring (bicyclic) bond motifs is 1. The lowest BCUT2D eigenvalue weighted by atomic mass is 10.1. The fourth-order valence-corrected chi connectivity index (χ4v) is 3.96. The van der Waals surface area contributed by atoms with E-state index in [9.17, 15) is 4.79 Å². The lowest BCUT2D eigenvalue weighted by Gasteiger charge is -2.21. The molecule has 0 saturated heterocycles. The lowest BCUT2D eigenvalue weighted by molar-refractivity contribution is -0.733. The maximum Gasteiger partial charge on any atom is 0.282 e. The van der Waals surface area contributed by atoms with Crippen LogP contribution in [-0.4, -0.2) is 22.5 Å². The number of hydrogen-bond donors (Lipinski definition) is 2. The van der Waals surface area contributed by atoms with Crippen molar-refractivity contribution in [3.8, 4) is 0 Å². The molecule has 0 spiro atoms. The van der Waals surface area contributed by atoms with Crippen molar-refractivity contribution in [1.82, 2.24) is 4.98 Å². The van der Waals surface area contributed by atoms with Crippen molar-refractivity contribution in [2.45, 2.75) is 45.7 Å². The second-order valence-corrected chi connectivity index (χ2v) is 8.87. The van der Waals surface area contributed by atoms with E-state index in [-0.39, 0.29) is 17.5 Å². The van der Waals surface area contributed by atoms with E-state index >= 15 is 0 Å². The molecule has 3 N–H and O–H groups in total. The Morgan fingerprint density at radius 1 is 1.15 bits per heavy atom. The van der Waals surface area contributed by atoms with E-state index in [0.29, 0.717) is 0 Å². The van der Waals surface area contributed by atoms with E-state index in [1.165, 1.54) is 10.3 Å². The highest BCUT2D eigenvalue weighted by Crippen LogP contribution is 2.24. The Bertz CT molecular complexity index is 861. The van der Waals surface area contributed by atoms with Gasteiger partial charge in [0.25, 0.3) is 5.91 Å². The van der Waals surface area contributed by atoms with Crippen LogP contribution in [0.5, 0.6) is 0 Å². The summed E-state index contributed by atoms with van der Waals surface area (Å²) in [5.41, 5.74) is 3.10. The van der Waals surface area contributed by atoms with E-state index < -0.39 is 0 Å². The zero-order valence-electron chi connectivity index (χ0n) is 15.7. The third-order valence-corrected chi connectivity index (χ3v) is 5.11. The molecule has 0 bridgehead atoms. The zero-order chi connectivity index (χ0) is 18.7. The smallest absolute Gasteiger partial charge is 0.282 e. The van der Waals surface area contributed by atoms with Gasteiger partial charge in [-0.25, -0.2) is 4.98 Å². The fourth-order valence-electron chi connectivity index (χ4n) is 2.96. The van der Waals surface area contributed by atoms with Crippen molar-refractivity contribution in [3.05, 3.63) is 59.1 Å². The molecule has 5 heteroatoms. The Morgan fingerprint density at radius 2 is 1.85 bits per heavy atom. The number of aromatic nitrogens is 1. The topological polar surface area (TPSA) is 58.6 Å². The number of para-hydroxylation sites is 1. The number of carbonyl (C=O) groups is 1. The molecule has 0 unspecified atom stereocenters. The minimum Gasteiger partial charge on any atom is -0.332 e. The molecular formula is C21H26N3OS+. The molecule has 1 aromatic heterocycles. The first-order valence-corrected chi connectivity index (χ1v) is 9.72. The molecule has 136 valence electrons. The first-order chi connectivity index (χ1) is 12.3. The van der Waals surface area contributed by atoms with Crippen molar-refractivity contribution in [2.24, 2.45) is 0 Å². The molecule has 3 rings (SSSR count). The lowest BCUT2D eigenvalue weighted by Crippen LogP contribution is -3.00. The van der Waals surface area contributed by atoms with Crippen LogP contribution in [0.4, 0.5) is 5.69 Å². The van der Waals surface area contributed by atoms with Gasteiger partial charge in [0, 0.05) is 12.1 Å². The van der Waals surface area contributed by atoms with Crippen LogP contribution in [0.15, 0.2) is 48.5 Å². The van der Waals surface area contributed by atoms with Gasteiger partial charge in [-0.1, -0.05) is 24.3 Å². The summed E-state index contributed by atoms with van der Waals surface area (Å²) in [4.78, 5) is 17.0. The number of anilines is 1. The van der Waals surface area contributed by atoms with Crippen LogP contribution in [0.1, 0.15) is 38.3 Å². The number of hydrogen-bond acceptors (Lipinski definition) is 3. The van der Waals surface area contributed by atoms with Crippen LogP contribution in [-0.2, 0) is 11.2 Å². The highest BCUT2D eigenvalue weighted by Gasteiger charge is 2.23. The van der Waals surface area contributed by atoms with E-state index in [2.05, 4.69) is 54.6 Å². The highest BCUT2D eigenvalue weighted by atomic mass is 32.1. The van der Waals surface area contributed by atoms with Crippen LogP contribution >= 0.6 is 11.3 Å². The van der Waals surface area contributed by atoms with Crippen molar-refractivity contribution in [1.29, 1.82) is 0 Å². The van der Waals surface area contributed by atoms with Gasteiger partial charge in [0.05, 0.1) is 20.8 Å². The quantitative estimate of drug-likeness (QED) is 0.723. The number of thiazole rings is 1. The molecular weight excluding hydrogens is 342 g/mol. The molecule has 2 aromatic carbocycles. The number of carbonyl (C=O) groups excluding carboxylic acids is 1. The van der Waals surface area contributed by atoms with Crippen LogP contribution < -0.4 is 10.6 Å². The van der Waals surface area contributed by atoms with Gasteiger partial charge in [-0.15, -0.1) is 11.3 Å². The number of nitrogens with one attached hydrogen (secondary N) is 1. The predicted molar refractivity (Wildman–Crippen MR) is 109 cm³/mol. The summed E-state index contributed by atoms with van der Waals surface area (Å²) in [6, 6.07) is 16.1. The molecule has 4 nitrogen and oxygen atoms in total. The Labute approximate surface area is 158 Å². The van der Waals surface area contributed by atoms with E-state index in [1.54, 1.807) is 11.3 Å². The SMILES string of the molecule is C[C@H]([NH2+]C(C)(C)C)C(=O)Nc1ccc(Cc2nc3ccccc3s2)cc1. The number of nitrogens with zero attached hydrogens (tertiary/aromatic N) is 1. The number of rotatable bonds is 5. The van der Waals surface area contributed by atoms with Gasteiger partial charge >= 0.3 is 0 Å². The largest absolute Gasteiger partial charge is 0.332 e. The molecule has 1 heterocycles. The minimum absolute atomic E-state index is 0.0257. The summed E-state index contributed by atoms with van der Waals surface area (Å²) < 4.78 is 1.22. The number of nitrogens with two attached hydrogens (primary N) is 1. The van der Waals surface area contributed by atoms with Crippen molar-refractivity contribution in [2.75, 3.05) is 5.32 Å². The van der Waals surface area contributed by atoms with Gasteiger partial charge < -0.3 is 10.6 Å².